The van der Waals surface area contributed by atoms with Gasteiger partial charge in [-0.1, -0.05) is 18.2 Å². The van der Waals surface area contributed by atoms with Gasteiger partial charge in [-0.05, 0) is 26.0 Å². The summed E-state index contributed by atoms with van der Waals surface area (Å²) in [5, 5.41) is 4.25. The minimum atomic E-state index is -4.75. The third-order valence-corrected chi connectivity index (χ3v) is 3.03. The lowest BCUT2D eigenvalue weighted by atomic mass is 10.0. The molecule has 0 aliphatic carbocycles. The van der Waals surface area contributed by atoms with Crippen molar-refractivity contribution in [3.8, 4) is 5.75 Å². The maximum Gasteiger partial charge on any atom is 0.573 e. The summed E-state index contributed by atoms with van der Waals surface area (Å²) in [5.74, 6) is -0.293. The summed E-state index contributed by atoms with van der Waals surface area (Å²) in [4.78, 5) is 0. The summed E-state index contributed by atoms with van der Waals surface area (Å²) >= 11 is 0. The zero-order chi connectivity index (χ0) is 15.6. The van der Waals surface area contributed by atoms with Crippen molar-refractivity contribution in [2.24, 2.45) is 5.73 Å². The van der Waals surface area contributed by atoms with E-state index in [1.165, 1.54) is 18.2 Å². The molecule has 0 radical (unpaired) electrons. The lowest BCUT2D eigenvalue weighted by Gasteiger charge is -2.18. The number of alkyl halides is 3. The molecule has 0 saturated carbocycles. The largest absolute Gasteiger partial charge is 0.573 e. The van der Waals surface area contributed by atoms with Crippen molar-refractivity contribution >= 4 is 0 Å². The third-order valence-electron chi connectivity index (χ3n) is 3.03. The first-order valence-corrected chi connectivity index (χ1v) is 6.46. The molecule has 4 nitrogen and oxygen atoms in total. The molecule has 0 bridgehead atoms. The van der Waals surface area contributed by atoms with Crippen LogP contribution in [0, 0.1) is 6.92 Å². The molecule has 0 aliphatic rings. The highest BCUT2D eigenvalue weighted by molar-refractivity contribution is 5.40. The average molecular weight is 299 g/mol. The minimum Gasteiger partial charge on any atom is -0.405 e. The SMILES string of the molecule is CCn1nc(C)cc1C(N)c1ccccc1OC(F)(F)F. The number of nitrogens with zero attached hydrogens (tertiary/aromatic N) is 2. The van der Waals surface area contributed by atoms with Gasteiger partial charge in [-0.3, -0.25) is 4.68 Å². The van der Waals surface area contributed by atoms with Gasteiger partial charge in [0.1, 0.15) is 5.75 Å². The van der Waals surface area contributed by atoms with Crippen LogP contribution in [0.2, 0.25) is 0 Å². The number of aryl methyl sites for hydroxylation is 2. The van der Waals surface area contributed by atoms with E-state index in [-0.39, 0.29) is 11.3 Å². The fourth-order valence-electron chi connectivity index (χ4n) is 2.18. The minimum absolute atomic E-state index is 0.268. The molecule has 2 rings (SSSR count). The van der Waals surface area contributed by atoms with E-state index in [0.29, 0.717) is 12.2 Å². The lowest BCUT2D eigenvalue weighted by Crippen LogP contribution is -2.22. The van der Waals surface area contributed by atoms with Gasteiger partial charge >= 0.3 is 6.36 Å². The summed E-state index contributed by atoms with van der Waals surface area (Å²) in [7, 11) is 0. The van der Waals surface area contributed by atoms with Gasteiger partial charge in [0.25, 0.3) is 0 Å². The van der Waals surface area contributed by atoms with Crippen LogP contribution in [0.3, 0.4) is 0 Å². The molecule has 114 valence electrons. The monoisotopic (exact) mass is 299 g/mol. The number of ether oxygens (including phenoxy) is 1. The lowest BCUT2D eigenvalue weighted by molar-refractivity contribution is -0.274. The molecular weight excluding hydrogens is 283 g/mol. The van der Waals surface area contributed by atoms with Gasteiger partial charge in [0.15, 0.2) is 0 Å². The van der Waals surface area contributed by atoms with Crippen LogP contribution in [-0.4, -0.2) is 16.1 Å². The van der Waals surface area contributed by atoms with Crippen LogP contribution in [0.1, 0.15) is 29.9 Å². The Morgan fingerprint density at radius 2 is 2.00 bits per heavy atom. The average Bonchev–Trinajstić information content (AvgIpc) is 2.78. The second kappa shape index (κ2) is 5.77. The van der Waals surface area contributed by atoms with E-state index in [1.54, 1.807) is 23.7 Å². The first-order valence-electron chi connectivity index (χ1n) is 6.46. The molecule has 1 heterocycles. The maximum atomic E-state index is 12.5. The molecule has 7 heteroatoms. The number of hydrogen-bond donors (Lipinski definition) is 1. The van der Waals surface area contributed by atoms with Crippen molar-refractivity contribution < 1.29 is 17.9 Å². The highest BCUT2D eigenvalue weighted by atomic mass is 19.4. The van der Waals surface area contributed by atoms with E-state index in [9.17, 15) is 13.2 Å². The van der Waals surface area contributed by atoms with E-state index in [0.717, 1.165) is 5.69 Å². The number of halogens is 3. The molecule has 0 saturated heterocycles. The Morgan fingerprint density at radius 1 is 1.33 bits per heavy atom. The predicted octanol–water partition coefficient (Wildman–Crippen LogP) is 3.16. The predicted molar refractivity (Wildman–Crippen MR) is 71.8 cm³/mol. The standard InChI is InChI=1S/C14H16F3N3O/c1-3-20-11(8-9(2)19-20)13(18)10-6-4-5-7-12(10)21-14(15,16)17/h4-8,13H,3,18H2,1-2H3. The number of aromatic nitrogens is 2. The second-order valence-electron chi connectivity index (χ2n) is 4.59. The first-order chi connectivity index (χ1) is 9.81. The van der Waals surface area contributed by atoms with Gasteiger partial charge in [-0.25, -0.2) is 0 Å². The Kier molecular flexibility index (Phi) is 4.22. The van der Waals surface area contributed by atoms with E-state index in [1.807, 2.05) is 6.92 Å². The Hall–Kier alpha value is -2.02. The third kappa shape index (κ3) is 3.55. The van der Waals surface area contributed by atoms with Gasteiger partial charge in [-0.15, -0.1) is 13.2 Å². The number of para-hydroxylation sites is 1. The molecule has 0 fully saturated rings. The Bertz CT molecular complexity index is 622. The van der Waals surface area contributed by atoms with E-state index >= 15 is 0 Å². The molecule has 0 aliphatic heterocycles. The van der Waals surface area contributed by atoms with Crippen LogP contribution in [0.5, 0.6) is 5.75 Å². The fourth-order valence-corrected chi connectivity index (χ4v) is 2.18. The fraction of sp³-hybridized carbons (Fsp3) is 0.357. The van der Waals surface area contributed by atoms with E-state index in [2.05, 4.69) is 9.84 Å². The zero-order valence-corrected chi connectivity index (χ0v) is 11.7. The molecule has 0 spiro atoms. The molecule has 2 N–H and O–H groups in total. The van der Waals surface area contributed by atoms with E-state index in [4.69, 9.17) is 5.73 Å². The van der Waals surface area contributed by atoms with Gasteiger partial charge in [0.2, 0.25) is 0 Å². The highest BCUT2D eigenvalue weighted by Gasteiger charge is 2.33. The van der Waals surface area contributed by atoms with Crippen LogP contribution in [0.15, 0.2) is 30.3 Å². The molecule has 0 amide bonds. The number of rotatable bonds is 4. The van der Waals surface area contributed by atoms with Crippen molar-refractivity contribution in [1.29, 1.82) is 0 Å². The van der Waals surface area contributed by atoms with Crippen LogP contribution in [-0.2, 0) is 6.54 Å². The van der Waals surface area contributed by atoms with Crippen molar-refractivity contribution in [3.63, 3.8) is 0 Å². The molecule has 21 heavy (non-hydrogen) atoms. The summed E-state index contributed by atoms with van der Waals surface area (Å²) in [6.45, 7) is 4.28. The number of benzene rings is 1. The summed E-state index contributed by atoms with van der Waals surface area (Å²) in [6, 6.07) is 6.89. The van der Waals surface area contributed by atoms with Gasteiger partial charge in [0, 0.05) is 12.1 Å². The topological polar surface area (TPSA) is 53.1 Å². The quantitative estimate of drug-likeness (QED) is 0.943. The van der Waals surface area contributed by atoms with Crippen LogP contribution in [0.4, 0.5) is 13.2 Å². The second-order valence-corrected chi connectivity index (χ2v) is 4.59. The number of nitrogens with two attached hydrogens (primary N) is 1. The Labute approximate surface area is 120 Å². The Balaban J connectivity index is 2.41. The molecule has 1 aromatic heterocycles. The molecule has 1 unspecified atom stereocenters. The van der Waals surface area contributed by atoms with Gasteiger partial charge in [0.05, 0.1) is 17.4 Å². The van der Waals surface area contributed by atoms with Crippen molar-refractivity contribution in [2.45, 2.75) is 32.8 Å². The van der Waals surface area contributed by atoms with Crippen molar-refractivity contribution in [3.05, 3.63) is 47.3 Å². The smallest absolute Gasteiger partial charge is 0.405 e. The highest BCUT2D eigenvalue weighted by Crippen LogP contribution is 2.32. The first kappa shape index (κ1) is 15.4. The van der Waals surface area contributed by atoms with Crippen LogP contribution < -0.4 is 10.5 Å². The van der Waals surface area contributed by atoms with Crippen LogP contribution in [0.25, 0.3) is 0 Å². The van der Waals surface area contributed by atoms with Gasteiger partial charge < -0.3 is 10.5 Å². The molecule has 1 aromatic carbocycles. The molecule has 2 aromatic rings. The van der Waals surface area contributed by atoms with Crippen molar-refractivity contribution in [2.75, 3.05) is 0 Å². The van der Waals surface area contributed by atoms with Crippen LogP contribution >= 0.6 is 0 Å². The normalized spacial score (nSPS) is 13.2. The van der Waals surface area contributed by atoms with E-state index < -0.39 is 12.4 Å². The van der Waals surface area contributed by atoms with Gasteiger partial charge in [-0.2, -0.15) is 5.10 Å². The molecular formula is C14H16F3N3O. The zero-order valence-electron chi connectivity index (χ0n) is 11.7. The van der Waals surface area contributed by atoms with Crippen molar-refractivity contribution in [1.82, 2.24) is 9.78 Å². The maximum absolute atomic E-state index is 12.5. The molecule has 1 atom stereocenters. The number of hydrogen-bond acceptors (Lipinski definition) is 3. The Morgan fingerprint density at radius 3 is 2.62 bits per heavy atom. The summed E-state index contributed by atoms with van der Waals surface area (Å²) in [5.41, 5.74) is 7.79. The summed E-state index contributed by atoms with van der Waals surface area (Å²) in [6.07, 6.45) is -4.75. The summed E-state index contributed by atoms with van der Waals surface area (Å²) < 4.78 is 43.1.